The lowest BCUT2D eigenvalue weighted by atomic mass is 9.87. The Morgan fingerprint density at radius 1 is 0.925 bits per heavy atom. The van der Waals surface area contributed by atoms with Gasteiger partial charge in [-0.1, -0.05) is 51.1 Å². The molecule has 206 valence electrons. The number of carboxylic acid groups (broad SMARTS) is 1. The first-order chi connectivity index (χ1) is 19.0. The fraction of sp³-hybridized carbons (Fsp3) is 0.226. The van der Waals surface area contributed by atoms with Crippen LogP contribution in [0.1, 0.15) is 54.7 Å². The third-order valence-electron chi connectivity index (χ3n) is 6.27. The predicted molar refractivity (Wildman–Crippen MR) is 149 cm³/mol. The van der Waals surface area contributed by atoms with Gasteiger partial charge in [0.15, 0.2) is 11.5 Å². The summed E-state index contributed by atoms with van der Waals surface area (Å²) in [6.07, 6.45) is 1.40. The fourth-order valence-electron chi connectivity index (χ4n) is 4.08. The predicted octanol–water partition coefficient (Wildman–Crippen LogP) is 5.33. The highest BCUT2D eigenvalue weighted by atomic mass is 16.5. The number of benzene rings is 3. The molecule has 0 bridgehead atoms. The zero-order valence-electron chi connectivity index (χ0n) is 22.7. The number of aromatic carboxylic acids is 1. The molecule has 1 saturated heterocycles. The van der Waals surface area contributed by atoms with E-state index in [2.05, 4.69) is 26.1 Å². The maximum atomic E-state index is 13.3. The summed E-state index contributed by atoms with van der Waals surface area (Å²) >= 11 is 0. The first-order valence-corrected chi connectivity index (χ1v) is 12.7. The van der Waals surface area contributed by atoms with Gasteiger partial charge in [-0.2, -0.15) is 0 Å². The standard InChI is InChI=1S/C31H30N2O7/c1-5-39-26-17-20(8-15-25(26)40-18-19-6-9-21(10-7-19)29(36)37)16-24-27(34)32-30(38)33(28(24)35)23-13-11-22(12-14-23)31(2,3)4/h6-17H,5,18H2,1-4H3,(H,36,37)(H,32,34,38). The van der Waals surface area contributed by atoms with E-state index in [0.717, 1.165) is 16.0 Å². The Morgan fingerprint density at radius 2 is 1.60 bits per heavy atom. The lowest BCUT2D eigenvalue weighted by Gasteiger charge is -2.27. The molecule has 4 rings (SSSR count). The second-order valence-electron chi connectivity index (χ2n) is 10.2. The topological polar surface area (TPSA) is 122 Å². The Morgan fingerprint density at radius 3 is 2.20 bits per heavy atom. The molecular weight excluding hydrogens is 512 g/mol. The van der Waals surface area contributed by atoms with Gasteiger partial charge in [0.25, 0.3) is 11.8 Å². The van der Waals surface area contributed by atoms with Crippen LogP contribution in [0.4, 0.5) is 10.5 Å². The molecule has 1 heterocycles. The van der Waals surface area contributed by atoms with Crippen LogP contribution >= 0.6 is 0 Å². The highest BCUT2D eigenvalue weighted by molar-refractivity contribution is 6.39. The van der Waals surface area contributed by atoms with Crippen molar-refractivity contribution in [3.8, 4) is 11.5 Å². The monoisotopic (exact) mass is 542 g/mol. The number of hydrogen-bond acceptors (Lipinski definition) is 6. The van der Waals surface area contributed by atoms with Crippen molar-refractivity contribution in [3.63, 3.8) is 0 Å². The Bertz CT molecular complexity index is 1480. The highest BCUT2D eigenvalue weighted by Gasteiger charge is 2.37. The number of rotatable bonds is 8. The van der Waals surface area contributed by atoms with Gasteiger partial charge in [-0.15, -0.1) is 0 Å². The average Bonchev–Trinajstić information content (AvgIpc) is 2.90. The number of nitrogens with one attached hydrogen (secondary N) is 1. The van der Waals surface area contributed by atoms with Crippen LogP contribution in [0.5, 0.6) is 11.5 Å². The number of urea groups is 1. The van der Waals surface area contributed by atoms with Crippen LogP contribution in [0.2, 0.25) is 0 Å². The van der Waals surface area contributed by atoms with Crippen LogP contribution in [-0.4, -0.2) is 35.5 Å². The Kier molecular flexibility index (Phi) is 8.04. The summed E-state index contributed by atoms with van der Waals surface area (Å²) in [7, 11) is 0. The number of barbiturate groups is 1. The summed E-state index contributed by atoms with van der Waals surface area (Å²) in [5.74, 6) is -1.71. The van der Waals surface area contributed by atoms with Crippen LogP contribution in [0.3, 0.4) is 0 Å². The summed E-state index contributed by atoms with van der Waals surface area (Å²) in [6.45, 7) is 8.51. The van der Waals surface area contributed by atoms with E-state index in [9.17, 15) is 19.2 Å². The number of amides is 4. The second kappa shape index (κ2) is 11.4. The van der Waals surface area contributed by atoms with Gasteiger partial charge in [-0.3, -0.25) is 14.9 Å². The van der Waals surface area contributed by atoms with Gasteiger partial charge in [-0.05, 0) is 71.5 Å². The molecule has 1 fully saturated rings. The zero-order chi connectivity index (χ0) is 29.0. The molecule has 0 atom stereocenters. The van der Waals surface area contributed by atoms with E-state index in [0.29, 0.717) is 29.4 Å². The average molecular weight is 543 g/mol. The molecule has 0 unspecified atom stereocenters. The third-order valence-corrected chi connectivity index (χ3v) is 6.27. The molecule has 3 aromatic carbocycles. The van der Waals surface area contributed by atoms with Crippen molar-refractivity contribution in [1.82, 2.24) is 5.32 Å². The molecule has 0 saturated carbocycles. The smallest absolute Gasteiger partial charge is 0.335 e. The largest absolute Gasteiger partial charge is 0.490 e. The van der Waals surface area contributed by atoms with Crippen LogP contribution in [0, 0.1) is 0 Å². The summed E-state index contributed by atoms with van der Waals surface area (Å²) in [5, 5.41) is 11.3. The number of nitrogens with zero attached hydrogens (tertiary/aromatic N) is 1. The Labute approximate surface area is 232 Å². The Hall–Kier alpha value is -4.92. The summed E-state index contributed by atoms with van der Waals surface area (Å²) in [6, 6.07) is 17.5. The molecule has 4 amide bonds. The maximum Gasteiger partial charge on any atom is 0.335 e. The van der Waals surface area contributed by atoms with E-state index in [1.165, 1.54) is 18.2 Å². The molecule has 1 aliphatic heterocycles. The van der Waals surface area contributed by atoms with Gasteiger partial charge in [0.2, 0.25) is 0 Å². The first kappa shape index (κ1) is 28.1. The summed E-state index contributed by atoms with van der Waals surface area (Å²) in [5.41, 5.74) is 2.53. The SMILES string of the molecule is CCOc1cc(C=C2C(=O)NC(=O)N(c3ccc(C(C)(C)C)cc3)C2=O)ccc1OCc1ccc(C(=O)O)cc1. The number of carboxylic acids is 1. The molecule has 2 N–H and O–H groups in total. The molecular formula is C31H30N2O7. The molecule has 0 spiro atoms. The van der Waals surface area contributed by atoms with E-state index < -0.39 is 23.8 Å². The minimum atomic E-state index is -1.01. The van der Waals surface area contributed by atoms with Crippen molar-refractivity contribution < 1.29 is 33.8 Å². The van der Waals surface area contributed by atoms with Crippen molar-refractivity contribution in [2.24, 2.45) is 0 Å². The maximum absolute atomic E-state index is 13.3. The number of carbonyl (C=O) groups is 4. The minimum absolute atomic E-state index is 0.104. The van der Waals surface area contributed by atoms with Gasteiger partial charge in [0, 0.05) is 0 Å². The first-order valence-electron chi connectivity index (χ1n) is 12.7. The molecule has 0 aromatic heterocycles. The number of anilines is 1. The van der Waals surface area contributed by atoms with Crippen molar-refractivity contribution >= 4 is 35.6 Å². The van der Waals surface area contributed by atoms with Crippen molar-refractivity contribution in [3.05, 3.63) is 94.6 Å². The van der Waals surface area contributed by atoms with Gasteiger partial charge in [-0.25, -0.2) is 14.5 Å². The molecule has 9 heteroatoms. The van der Waals surface area contributed by atoms with Gasteiger partial charge in [0.05, 0.1) is 17.9 Å². The van der Waals surface area contributed by atoms with Gasteiger partial charge >= 0.3 is 12.0 Å². The quantitative estimate of drug-likeness (QED) is 0.292. The van der Waals surface area contributed by atoms with Crippen molar-refractivity contribution in [2.75, 3.05) is 11.5 Å². The van der Waals surface area contributed by atoms with E-state index in [-0.39, 0.29) is 23.2 Å². The highest BCUT2D eigenvalue weighted by Crippen LogP contribution is 2.31. The molecule has 9 nitrogen and oxygen atoms in total. The lowest BCUT2D eigenvalue weighted by Crippen LogP contribution is -2.54. The van der Waals surface area contributed by atoms with Crippen LogP contribution in [0.15, 0.2) is 72.3 Å². The molecule has 0 radical (unpaired) electrons. The number of hydrogen-bond donors (Lipinski definition) is 2. The molecule has 0 aliphatic carbocycles. The summed E-state index contributed by atoms with van der Waals surface area (Å²) in [4.78, 5) is 50.6. The van der Waals surface area contributed by atoms with Crippen LogP contribution in [-0.2, 0) is 21.6 Å². The number of ether oxygens (including phenoxy) is 2. The normalized spacial score (nSPS) is 14.8. The van der Waals surface area contributed by atoms with Crippen LogP contribution in [0.25, 0.3) is 6.08 Å². The van der Waals surface area contributed by atoms with Crippen molar-refractivity contribution in [1.29, 1.82) is 0 Å². The van der Waals surface area contributed by atoms with Gasteiger partial charge in [0.1, 0.15) is 12.2 Å². The van der Waals surface area contributed by atoms with Gasteiger partial charge < -0.3 is 14.6 Å². The van der Waals surface area contributed by atoms with Crippen LogP contribution < -0.4 is 19.7 Å². The summed E-state index contributed by atoms with van der Waals surface area (Å²) < 4.78 is 11.6. The van der Waals surface area contributed by atoms with E-state index in [4.69, 9.17) is 14.6 Å². The molecule has 3 aromatic rings. The minimum Gasteiger partial charge on any atom is -0.490 e. The van der Waals surface area contributed by atoms with E-state index in [1.54, 1.807) is 42.5 Å². The molecule has 40 heavy (non-hydrogen) atoms. The number of carbonyl (C=O) groups excluding carboxylic acids is 3. The lowest BCUT2D eigenvalue weighted by molar-refractivity contribution is -0.122. The van der Waals surface area contributed by atoms with E-state index in [1.807, 2.05) is 19.1 Å². The second-order valence-corrected chi connectivity index (χ2v) is 10.2. The van der Waals surface area contributed by atoms with E-state index >= 15 is 0 Å². The van der Waals surface area contributed by atoms with Crippen molar-refractivity contribution in [2.45, 2.75) is 39.7 Å². The third kappa shape index (κ3) is 6.20. The Balaban J connectivity index is 1.57. The fourth-order valence-corrected chi connectivity index (χ4v) is 4.08. The molecule has 1 aliphatic rings. The zero-order valence-corrected chi connectivity index (χ0v) is 22.7. The number of imide groups is 2.